The Morgan fingerprint density at radius 2 is 2.00 bits per heavy atom. The van der Waals surface area contributed by atoms with Gasteiger partial charge in [0.25, 0.3) is 0 Å². The number of hydrogen-bond acceptors (Lipinski definition) is 2. The van der Waals surface area contributed by atoms with Crippen LogP contribution in [0.1, 0.15) is 27.7 Å². The third-order valence-corrected chi connectivity index (χ3v) is 1.09. The van der Waals surface area contributed by atoms with Crippen molar-refractivity contribution >= 4 is 6.29 Å². The Balaban J connectivity index is 3.71. The van der Waals surface area contributed by atoms with Gasteiger partial charge < -0.3 is 9.53 Å². The van der Waals surface area contributed by atoms with Gasteiger partial charge in [0.05, 0.1) is 18.3 Å². The second-order valence-corrected chi connectivity index (χ2v) is 3.61. The number of carbonyl (C=O) groups is 1. The van der Waals surface area contributed by atoms with Gasteiger partial charge in [0.2, 0.25) is 0 Å². The molecule has 0 amide bonds. The third kappa shape index (κ3) is 5.64. The molecular weight excluding hydrogens is 140 g/mol. The molecule has 2 heteroatoms. The van der Waals surface area contributed by atoms with Crippen LogP contribution in [0, 0.1) is 5.41 Å². The summed E-state index contributed by atoms with van der Waals surface area (Å²) in [6.45, 7) is 8.04. The highest BCUT2D eigenvalue weighted by Crippen LogP contribution is 2.11. The topological polar surface area (TPSA) is 26.3 Å². The molecule has 0 bridgehead atoms. The molecule has 0 aliphatic rings. The number of carbonyl (C=O) groups excluding carboxylic acids is 1. The van der Waals surface area contributed by atoms with Gasteiger partial charge in [0, 0.05) is 0 Å². The maximum atomic E-state index is 10.4. The van der Waals surface area contributed by atoms with E-state index >= 15 is 0 Å². The summed E-state index contributed by atoms with van der Waals surface area (Å²) in [4.78, 5) is 10.4. The predicted octanol–water partition coefficient (Wildman–Crippen LogP) is 2.15. The minimum atomic E-state index is -0.369. The fourth-order valence-electron chi connectivity index (χ4n) is 0.457. The second kappa shape index (κ2) is 4.16. The molecule has 0 aliphatic heterocycles. The van der Waals surface area contributed by atoms with Gasteiger partial charge in [0.1, 0.15) is 6.29 Å². The summed E-state index contributed by atoms with van der Waals surface area (Å²) in [5, 5.41) is 0. The molecule has 0 saturated heterocycles. The molecule has 2 nitrogen and oxygen atoms in total. The van der Waals surface area contributed by atoms with Gasteiger partial charge in [-0.05, 0) is 33.3 Å². The quantitative estimate of drug-likeness (QED) is 0.460. The van der Waals surface area contributed by atoms with E-state index in [1.165, 1.54) is 0 Å². The molecule has 0 unspecified atom stereocenters. The van der Waals surface area contributed by atoms with Crippen LogP contribution in [0.2, 0.25) is 0 Å². The molecule has 0 aromatic rings. The molecule has 0 N–H and O–H groups in total. The Hall–Kier alpha value is -0.790. The number of ether oxygens (including phenoxy) is 1. The second-order valence-electron chi connectivity index (χ2n) is 3.61. The van der Waals surface area contributed by atoms with E-state index < -0.39 is 0 Å². The minimum absolute atomic E-state index is 0.369. The Bertz CT molecular complexity index is 153. The first kappa shape index (κ1) is 10.2. The molecule has 0 atom stereocenters. The molecule has 0 heterocycles. The van der Waals surface area contributed by atoms with Crippen molar-refractivity contribution in [2.75, 3.05) is 6.61 Å². The van der Waals surface area contributed by atoms with Crippen molar-refractivity contribution in [3.05, 3.63) is 11.8 Å². The maximum absolute atomic E-state index is 10.4. The monoisotopic (exact) mass is 156 g/mol. The van der Waals surface area contributed by atoms with E-state index in [0.29, 0.717) is 6.61 Å². The van der Waals surface area contributed by atoms with Crippen LogP contribution in [0.3, 0.4) is 0 Å². The summed E-state index contributed by atoms with van der Waals surface area (Å²) in [5.41, 5.74) is 0.734. The van der Waals surface area contributed by atoms with Crippen molar-refractivity contribution in [1.82, 2.24) is 0 Å². The van der Waals surface area contributed by atoms with Crippen molar-refractivity contribution in [3.63, 3.8) is 0 Å². The largest absolute Gasteiger partial charge is 0.500 e. The Morgan fingerprint density at radius 3 is 2.36 bits per heavy atom. The number of hydrogen-bond donors (Lipinski definition) is 0. The summed E-state index contributed by atoms with van der Waals surface area (Å²) in [7, 11) is 0. The maximum Gasteiger partial charge on any atom is 0.128 e. The lowest BCUT2D eigenvalue weighted by atomic mass is 9.98. The highest BCUT2D eigenvalue weighted by atomic mass is 16.5. The average molecular weight is 156 g/mol. The van der Waals surface area contributed by atoms with E-state index in [9.17, 15) is 4.79 Å². The van der Waals surface area contributed by atoms with Crippen molar-refractivity contribution in [1.29, 1.82) is 0 Å². The van der Waals surface area contributed by atoms with Gasteiger partial charge in [-0.1, -0.05) is 0 Å². The van der Waals surface area contributed by atoms with E-state index in [1.807, 2.05) is 27.7 Å². The zero-order valence-electron chi connectivity index (χ0n) is 7.68. The van der Waals surface area contributed by atoms with Gasteiger partial charge in [-0.25, -0.2) is 0 Å². The molecule has 0 spiro atoms. The highest BCUT2D eigenvalue weighted by Gasteiger charge is 2.15. The third-order valence-electron chi connectivity index (χ3n) is 1.09. The van der Waals surface area contributed by atoms with Crippen LogP contribution < -0.4 is 0 Å². The standard InChI is InChI=1S/C9H16O2/c1-8(2)5-11-7-9(3,4)6-10/h5-6H,7H2,1-4H3. The van der Waals surface area contributed by atoms with Gasteiger partial charge in [0.15, 0.2) is 0 Å². The molecule has 0 rings (SSSR count). The Labute approximate surface area is 68.2 Å². The summed E-state index contributed by atoms with van der Waals surface area (Å²) < 4.78 is 5.16. The average Bonchev–Trinajstić information content (AvgIpc) is 1.87. The molecule has 11 heavy (non-hydrogen) atoms. The first-order chi connectivity index (χ1) is 4.98. The fraction of sp³-hybridized carbons (Fsp3) is 0.667. The van der Waals surface area contributed by atoms with Gasteiger partial charge in [-0.2, -0.15) is 0 Å². The summed E-state index contributed by atoms with van der Waals surface area (Å²) >= 11 is 0. The van der Waals surface area contributed by atoms with Crippen molar-refractivity contribution in [2.45, 2.75) is 27.7 Å². The molecule has 64 valence electrons. The van der Waals surface area contributed by atoms with E-state index in [4.69, 9.17) is 4.74 Å². The van der Waals surface area contributed by atoms with Crippen LogP contribution in [0.25, 0.3) is 0 Å². The van der Waals surface area contributed by atoms with E-state index in [-0.39, 0.29) is 5.41 Å². The van der Waals surface area contributed by atoms with Gasteiger partial charge in [-0.15, -0.1) is 0 Å². The molecule has 0 aliphatic carbocycles. The number of allylic oxidation sites excluding steroid dienone is 1. The lowest BCUT2D eigenvalue weighted by Gasteiger charge is -2.15. The minimum Gasteiger partial charge on any atom is -0.500 e. The van der Waals surface area contributed by atoms with Crippen LogP contribution in [0.4, 0.5) is 0 Å². The molecule has 0 aromatic heterocycles. The van der Waals surface area contributed by atoms with Crippen LogP contribution in [-0.2, 0) is 9.53 Å². The van der Waals surface area contributed by atoms with Crippen LogP contribution in [-0.4, -0.2) is 12.9 Å². The van der Waals surface area contributed by atoms with Gasteiger partial charge >= 0.3 is 0 Å². The first-order valence-corrected chi connectivity index (χ1v) is 3.69. The van der Waals surface area contributed by atoms with Crippen LogP contribution in [0.15, 0.2) is 11.8 Å². The van der Waals surface area contributed by atoms with Crippen LogP contribution >= 0.6 is 0 Å². The molecule has 0 radical (unpaired) electrons. The normalized spacial score (nSPS) is 10.5. The molecule has 0 saturated carbocycles. The SMILES string of the molecule is CC(C)=COCC(C)(C)C=O. The Kier molecular flexibility index (Phi) is 3.86. The zero-order valence-corrected chi connectivity index (χ0v) is 7.68. The predicted molar refractivity (Wildman–Crippen MR) is 45.2 cm³/mol. The summed E-state index contributed by atoms with van der Waals surface area (Å²) in [6.07, 6.45) is 2.58. The Morgan fingerprint density at radius 1 is 1.45 bits per heavy atom. The summed E-state index contributed by atoms with van der Waals surface area (Å²) in [5.74, 6) is 0. The van der Waals surface area contributed by atoms with E-state index in [2.05, 4.69) is 0 Å². The smallest absolute Gasteiger partial charge is 0.128 e. The lowest BCUT2D eigenvalue weighted by molar-refractivity contribution is -0.116. The van der Waals surface area contributed by atoms with E-state index in [0.717, 1.165) is 11.9 Å². The fourth-order valence-corrected chi connectivity index (χ4v) is 0.457. The van der Waals surface area contributed by atoms with Crippen molar-refractivity contribution in [3.8, 4) is 0 Å². The molecular formula is C9H16O2. The number of aldehydes is 1. The highest BCUT2D eigenvalue weighted by molar-refractivity contribution is 5.57. The first-order valence-electron chi connectivity index (χ1n) is 3.69. The van der Waals surface area contributed by atoms with E-state index in [1.54, 1.807) is 6.26 Å². The number of rotatable bonds is 4. The zero-order chi connectivity index (χ0) is 8.91. The van der Waals surface area contributed by atoms with Crippen molar-refractivity contribution in [2.24, 2.45) is 5.41 Å². The summed E-state index contributed by atoms with van der Waals surface area (Å²) in [6, 6.07) is 0. The molecule has 0 aromatic carbocycles. The lowest BCUT2D eigenvalue weighted by Crippen LogP contribution is -2.19. The van der Waals surface area contributed by atoms with Crippen molar-refractivity contribution < 1.29 is 9.53 Å². The van der Waals surface area contributed by atoms with Crippen LogP contribution in [0.5, 0.6) is 0 Å². The van der Waals surface area contributed by atoms with Gasteiger partial charge in [-0.3, -0.25) is 0 Å². The molecule has 0 fully saturated rings.